The summed E-state index contributed by atoms with van der Waals surface area (Å²) in [7, 11) is -3.70. The normalized spacial score (nSPS) is 21.2. The summed E-state index contributed by atoms with van der Waals surface area (Å²) in [4.78, 5) is 12.3. The first-order chi connectivity index (χ1) is 11.1. The summed E-state index contributed by atoms with van der Waals surface area (Å²) in [5.41, 5.74) is 0.835. The molecule has 118 valence electrons. The van der Waals surface area contributed by atoms with Crippen molar-refractivity contribution in [1.82, 2.24) is 0 Å². The van der Waals surface area contributed by atoms with Gasteiger partial charge >= 0.3 is 0 Å². The molecule has 2 aliphatic rings. The predicted octanol–water partition coefficient (Wildman–Crippen LogP) is 2.27. The van der Waals surface area contributed by atoms with E-state index < -0.39 is 15.1 Å². The van der Waals surface area contributed by atoms with Crippen LogP contribution in [0.15, 0.2) is 47.4 Å². The highest BCUT2D eigenvalue weighted by atomic mass is 32.2. The molecule has 0 saturated carbocycles. The molecule has 1 unspecified atom stereocenters. The van der Waals surface area contributed by atoms with Gasteiger partial charge in [0.05, 0.1) is 15.8 Å². The number of fused-ring (bicyclic) bond motifs is 2. The van der Waals surface area contributed by atoms with Gasteiger partial charge < -0.3 is 14.8 Å². The van der Waals surface area contributed by atoms with Gasteiger partial charge in [0, 0.05) is 6.42 Å². The maximum atomic E-state index is 13.0. The van der Waals surface area contributed by atoms with Crippen molar-refractivity contribution in [2.75, 3.05) is 12.1 Å². The largest absolute Gasteiger partial charge is 0.454 e. The van der Waals surface area contributed by atoms with Gasteiger partial charge in [-0.3, -0.25) is 4.79 Å². The second kappa shape index (κ2) is 4.99. The van der Waals surface area contributed by atoms with Crippen molar-refractivity contribution in [3.05, 3.63) is 48.0 Å². The summed E-state index contributed by atoms with van der Waals surface area (Å²) in [5, 5.41) is 1.70. The molecule has 2 aliphatic heterocycles. The fourth-order valence-corrected chi connectivity index (χ4v) is 4.74. The zero-order valence-corrected chi connectivity index (χ0v) is 12.8. The van der Waals surface area contributed by atoms with Crippen LogP contribution in [0.5, 0.6) is 11.5 Å². The number of carbonyl (C=O) groups is 1. The minimum absolute atomic E-state index is 0.111. The lowest BCUT2D eigenvalue weighted by atomic mass is 10.1. The van der Waals surface area contributed by atoms with Crippen LogP contribution < -0.4 is 14.8 Å². The topological polar surface area (TPSA) is 81.7 Å². The Bertz CT molecular complexity index is 906. The van der Waals surface area contributed by atoms with E-state index in [2.05, 4.69) is 5.32 Å². The van der Waals surface area contributed by atoms with Crippen molar-refractivity contribution in [1.29, 1.82) is 0 Å². The Balaban J connectivity index is 1.86. The Morgan fingerprint density at radius 1 is 1.04 bits per heavy atom. The molecular weight excluding hydrogens is 318 g/mol. The molecule has 0 aromatic heterocycles. The summed E-state index contributed by atoms with van der Waals surface area (Å²) in [6.07, 6.45) is -0.142. The summed E-state index contributed by atoms with van der Waals surface area (Å²) in [6, 6.07) is 11.4. The third kappa shape index (κ3) is 2.24. The van der Waals surface area contributed by atoms with Crippen LogP contribution >= 0.6 is 0 Å². The molecule has 0 aliphatic carbocycles. The van der Waals surface area contributed by atoms with Crippen molar-refractivity contribution >= 4 is 21.4 Å². The van der Waals surface area contributed by atoms with Crippen LogP contribution in [0.3, 0.4) is 0 Å². The van der Waals surface area contributed by atoms with E-state index in [1.165, 1.54) is 6.07 Å². The van der Waals surface area contributed by atoms with Crippen molar-refractivity contribution in [2.45, 2.75) is 16.6 Å². The van der Waals surface area contributed by atoms with Gasteiger partial charge in [0.2, 0.25) is 12.7 Å². The first-order valence-electron chi connectivity index (χ1n) is 7.08. The summed E-state index contributed by atoms with van der Waals surface area (Å²) < 4.78 is 36.6. The molecule has 0 fully saturated rings. The van der Waals surface area contributed by atoms with Crippen molar-refractivity contribution < 1.29 is 22.7 Å². The highest BCUT2D eigenvalue weighted by molar-refractivity contribution is 7.92. The van der Waals surface area contributed by atoms with Gasteiger partial charge in [-0.05, 0) is 29.8 Å². The summed E-state index contributed by atoms with van der Waals surface area (Å²) in [6.45, 7) is 0.111. The van der Waals surface area contributed by atoms with E-state index in [1.54, 1.807) is 36.4 Å². The number of hydrogen-bond donors (Lipinski definition) is 1. The van der Waals surface area contributed by atoms with Crippen molar-refractivity contribution in [3.8, 4) is 11.5 Å². The molecule has 6 nitrogen and oxygen atoms in total. The Morgan fingerprint density at radius 2 is 1.83 bits per heavy atom. The highest BCUT2D eigenvalue weighted by Crippen LogP contribution is 2.41. The zero-order valence-electron chi connectivity index (χ0n) is 12.0. The van der Waals surface area contributed by atoms with Gasteiger partial charge in [0.25, 0.3) is 0 Å². The van der Waals surface area contributed by atoms with Crippen LogP contribution in [-0.2, 0) is 14.6 Å². The van der Waals surface area contributed by atoms with Gasteiger partial charge in [-0.2, -0.15) is 0 Å². The Kier molecular flexibility index (Phi) is 3.05. The van der Waals surface area contributed by atoms with Crippen LogP contribution in [0.1, 0.15) is 17.2 Å². The number of hydrogen-bond acceptors (Lipinski definition) is 5. The second-order valence-corrected chi connectivity index (χ2v) is 7.49. The van der Waals surface area contributed by atoms with E-state index in [9.17, 15) is 13.2 Å². The molecule has 0 saturated heterocycles. The molecule has 7 heteroatoms. The van der Waals surface area contributed by atoms with Crippen LogP contribution in [0.4, 0.5) is 5.69 Å². The molecular formula is C16H13NO5S. The van der Waals surface area contributed by atoms with Crippen LogP contribution in [0.25, 0.3) is 0 Å². The number of nitrogens with one attached hydrogen (secondary N) is 1. The molecule has 1 N–H and O–H groups in total. The Labute approximate surface area is 133 Å². The molecule has 2 heterocycles. The monoisotopic (exact) mass is 331 g/mol. The number of benzene rings is 2. The maximum absolute atomic E-state index is 13.0. The third-order valence-corrected chi connectivity index (χ3v) is 6.14. The minimum atomic E-state index is -3.70. The van der Waals surface area contributed by atoms with E-state index in [0.717, 1.165) is 0 Å². The van der Waals surface area contributed by atoms with Gasteiger partial charge in [-0.25, -0.2) is 8.42 Å². The van der Waals surface area contributed by atoms with E-state index in [0.29, 0.717) is 22.7 Å². The van der Waals surface area contributed by atoms with E-state index >= 15 is 0 Å². The SMILES string of the molecule is O=C1CC(c2ccc3c(c2)OCO3)S(=O)(=O)c2ccccc2N1. The van der Waals surface area contributed by atoms with Crippen LogP contribution in [-0.4, -0.2) is 21.1 Å². The van der Waals surface area contributed by atoms with E-state index in [4.69, 9.17) is 9.47 Å². The quantitative estimate of drug-likeness (QED) is 0.867. The van der Waals surface area contributed by atoms with Gasteiger partial charge in [0.1, 0.15) is 0 Å². The average Bonchev–Trinajstić information content (AvgIpc) is 2.96. The lowest BCUT2D eigenvalue weighted by Gasteiger charge is -2.15. The summed E-state index contributed by atoms with van der Waals surface area (Å²) in [5.74, 6) is 0.737. The highest BCUT2D eigenvalue weighted by Gasteiger charge is 2.36. The van der Waals surface area contributed by atoms with Gasteiger partial charge in [-0.15, -0.1) is 0 Å². The molecule has 0 radical (unpaired) electrons. The molecule has 0 bridgehead atoms. The second-order valence-electron chi connectivity index (χ2n) is 5.39. The number of rotatable bonds is 1. The first-order valence-corrected chi connectivity index (χ1v) is 8.63. The molecule has 1 amide bonds. The van der Waals surface area contributed by atoms with Gasteiger partial charge in [-0.1, -0.05) is 18.2 Å². The molecule has 2 aromatic rings. The molecule has 1 atom stereocenters. The lowest BCUT2D eigenvalue weighted by Crippen LogP contribution is -2.16. The average molecular weight is 331 g/mol. The standard InChI is InChI=1S/C16H13NO5S/c18-16-8-15(10-5-6-12-13(7-10)22-9-21-12)23(19,20)14-4-2-1-3-11(14)17-16/h1-7,15H,8-9H2,(H,17,18). The number of amides is 1. The number of sulfone groups is 1. The minimum Gasteiger partial charge on any atom is -0.454 e. The fourth-order valence-electron chi connectivity index (χ4n) is 2.86. The van der Waals surface area contributed by atoms with Gasteiger partial charge in [0.15, 0.2) is 21.3 Å². The smallest absolute Gasteiger partial charge is 0.231 e. The molecule has 4 rings (SSSR count). The van der Waals surface area contributed by atoms with Crippen molar-refractivity contribution in [2.24, 2.45) is 0 Å². The molecule has 0 spiro atoms. The number of para-hydroxylation sites is 1. The van der Waals surface area contributed by atoms with Crippen LogP contribution in [0, 0.1) is 0 Å². The van der Waals surface area contributed by atoms with Crippen LogP contribution in [0.2, 0.25) is 0 Å². The summed E-state index contributed by atoms with van der Waals surface area (Å²) >= 11 is 0. The third-order valence-electron chi connectivity index (χ3n) is 3.98. The molecule has 2 aromatic carbocycles. The Hall–Kier alpha value is -2.54. The number of ether oxygens (including phenoxy) is 2. The maximum Gasteiger partial charge on any atom is 0.231 e. The van der Waals surface area contributed by atoms with E-state index in [1.807, 2.05) is 0 Å². The van der Waals surface area contributed by atoms with E-state index in [-0.39, 0.29) is 24.0 Å². The zero-order chi connectivity index (χ0) is 16.0. The predicted molar refractivity (Wildman–Crippen MR) is 82.2 cm³/mol. The van der Waals surface area contributed by atoms with Crippen molar-refractivity contribution in [3.63, 3.8) is 0 Å². The number of anilines is 1. The molecule has 23 heavy (non-hydrogen) atoms. The lowest BCUT2D eigenvalue weighted by molar-refractivity contribution is -0.116. The fraction of sp³-hybridized carbons (Fsp3) is 0.188. The Morgan fingerprint density at radius 3 is 2.70 bits per heavy atom. The number of carbonyl (C=O) groups excluding carboxylic acids is 1. The first kappa shape index (κ1) is 14.1.